The first kappa shape index (κ1) is 24.6. The summed E-state index contributed by atoms with van der Waals surface area (Å²) in [5, 5.41) is 0. The van der Waals surface area contributed by atoms with E-state index in [0.717, 1.165) is 0 Å². The predicted octanol–water partition coefficient (Wildman–Crippen LogP) is -4.85. The molecular formula is Cl6IrNa3. The molecule has 0 fully saturated rings. The molecule has 0 N–H and O–H groups in total. The minimum Gasteiger partial charge on any atom is 1.00 e. The van der Waals surface area contributed by atoms with Gasteiger partial charge in [-0.05, 0) is 0 Å². The Labute approximate surface area is 149 Å². The van der Waals surface area contributed by atoms with Gasteiger partial charge in [-0.2, -0.15) is 0 Å². The predicted molar refractivity (Wildman–Crippen MR) is 35.1 cm³/mol. The second kappa shape index (κ2) is 6.21. The van der Waals surface area contributed by atoms with Crippen LogP contribution in [0.2, 0.25) is 0 Å². The molecule has 10 heavy (non-hydrogen) atoms. The molecule has 0 saturated heterocycles. The molecule has 0 atom stereocenters. The van der Waals surface area contributed by atoms with Crippen molar-refractivity contribution in [2.75, 3.05) is 0 Å². The second-order valence-electron chi connectivity index (χ2n) is 0.714. The van der Waals surface area contributed by atoms with Crippen LogP contribution in [0.5, 0.6) is 0 Å². The van der Waals surface area contributed by atoms with E-state index in [1.165, 1.54) is 0 Å². The molecule has 0 aromatic rings. The van der Waals surface area contributed by atoms with Gasteiger partial charge in [0.25, 0.3) is 0 Å². The van der Waals surface area contributed by atoms with Crippen LogP contribution < -0.4 is 88.7 Å². The molecule has 0 spiro atoms. The fourth-order valence-electron chi connectivity index (χ4n) is 0. The van der Waals surface area contributed by atoms with Crippen LogP contribution in [0.1, 0.15) is 0 Å². The third-order valence-electron chi connectivity index (χ3n) is 0. The molecule has 0 amide bonds. The van der Waals surface area contributed by atoms with Gasteiger partial charge in [0.15, 0.2) is 0 Å². The number of hydrogen-bond donors (Lipinski definition) is 0. The summed E-state index contributed by atoms with van der Waals surface area (Å²) in [7, 11) is 30.3. The third-order valence-corrected chi connectivity index (χ3v) is 0. The van der Waals surface area contributed by atoms with E-state index in [1.54, 1.807) is 0 Å². The van der Waals surface area contributed by atoms with E-state index in [-0.39, 0.29) is 88.7 Å². The van der Waals surface area contributed by atoms with Gasteiger partial charge in [-0.1, -0.05) is 0 Å². The van der Waals surface area contributed by atoms with Crippen molar-refractivity contribution in [1.82, 2.24) is 0 Å². The van der Waals surface area contributed by atoms with Gasteiger partial charge in [0, 0.05) is 0 Å². The molecule has 0 saturated carbocycles. The Morgan fingerprint density at radius 2 is 0.500 bits per heavy atom. The van der Waals surface area contributed by atoms with E-state index in [9.17, 15) is 0 Å². The average molecular weight is 474 g/mol. The summed E-state index contributed by atoms with van der Waals surface area (Å²) in [5.74, 6) is 0. The van der Waals surface area contributed by atoms with Crippen LogP contribution in [0.15, 0.2) is 0 Å². The van der Waals surface area contributed by atoms with Crippen LogP contribution in [0, 0.1) is 0 Å². The van der Waals surface area contributed by atoms with Crippen molar-refractivity contribution in [3.05, 3.63) is 0 Å². The van der Waals surface area contributed by atoms with Gasteiger partial charge in [0.1, 0.15) is 0 Å². The zero-order valence-electron chi connectivity index (χ0n) is 5.60. The van der Waals surface area contributed by atoms with Gasteiger partial charge in [-0.15, -0.1) is 0 Å². The van der Waals surface area contributed by atoms with Crippen molar-refractivity contribution in [2.45, 2.75) is 0 Å². The molecule has 0 aliphatic rings. The van der Waals surface area contributed by atoms with Crippen LogP contribution in [0.4, 0.5) is 0 Å². The van der Waals surface area contributed by atoms with Gasteiger partial charge in [0.05, 0.1) is 0 Å². The summed E-state index contributed by atoms with van der Waals surface area (Å²) >= 11 is 0. The molecule has 0 aromatic heterocycles. The Kier molecular flexibility index (Phi) is 15.2. The topological polar surface area (TPSA) is 0 Å². The molecule has 0 radical (unpaired) electrons. The summed E-state index contributed by atoms with van der Waals surface area (Å²) in [6, 6.07) is 0. The Hall–Kier alpha value is 5.39. The van der Waals surface area contributed by atoms with Gasteiger partial charge < -0.3 is 0 Å². The maximum absolute atomic E-state index is 5.33. The summed E-state index contributed by atoms with van der Waals surface area (Å²) in [4.78, 5) is 0. The van der Waals surface area contributed by atoms with E-state index >= 15 is 0 Å². The fraction of sp³-hybridized carbons (Fsp3) is 0. The molecule has 0 aliphatic carbocycles. The summed E-state index contributed by atoms with van der Waals surface area (Å²) in [5.41, 5.74) is 0. The number of halogens is 6. The SMILES string of the molecule is [Cl][Ir-3]([Cl])([Cl])([Cl])([Cl])[Cl].[Na+].[Na+].[Na+]. The largest absolute Gasteiger partial charge is 1.00 e. The molecule has 54 valence electrons. The second-order valence-corrected chi connectivity index (χ2v) is 52.6. The van der Waals surface area contributed by atoms with Crippen molar-refractivity contribution < 1.29 is 95.5 Å². The van der Waals surface area contributed by atoms with Crippen molar-refractivity contribution in [1.29, 1.82) is 0 Å². The van der Waals surface area contributed by atoms with Gasteiger partial charge in [0.2, 0.25) is 0 Å². The minimum absolute atomic E-state index is 0. The van der Waals surface area contributed by atoms with Crippen LogP contribution in [-0.2, 0) is 6.81 Å². The Morgan fingerprint density at radius 3 is 0.500 bits per heavy atom. The molecule has 0 aromatic carbocycles. The molecule has 0 aliphatic heterocycles. The minimum atomic E-state index is -5.33. The van der Waals surface area contributed by atoms with Crippen molar-refractivity contribution in [3.8, 4) is 0 Å². The summed E-state index contributed by atoms with van der Waals surface area (Å²) in [6.45, 7) is -5.33. The number of rotatable bonds is 0. The molecule has 0 bridgehead atoms. The Morgan fingerprint density at radius 1 is 0.500 bits per heavy atom. The summed E-state index contributed by atoms with van der Waals surface area (Å²) in [6.07, 6.45) is 0. The fourth-order valence-corrected chi connectivity index (χ4v) is 0. The molecular weight excluding hydrogens is 474 g/mol. The maximum atomic E-state index is 5.06. The van der Waals surface area contributed by atoms with Crippen LogP contribution in [0.25, 0.3) is 0 Å². The smallest absolute Gasteiger partial charge is 1.00 e. The zero-order chi connectivity index (χ0) is 6.41. The van der Waals surface area contributed by atoms with Crippen LogP contribution >= 0.6 is 57.5 Å². The van der Waals surface area contributed by atoms with Gasteiger partial charge in [-0.3, -0.25) is 0 Å². The average Bonchev–Trinajstić information content (AvgIpc) is 0.592. The first-order valence-corrected chi connectivity index (χ1v) is 18.6. The third kappa shape index (κ3) is 70.8. The monoisotopic (exact) mass is 472 g/mol. The maximum Gasteiger partial charge on any atom is 1.00 e. The molecule has 0 rings (SSSR count). The molecule has 0 heterocycles. The molecule has 10 heteroatoms. The van der Waals surface area contributed by atoms with E-state index in [1.807, 2.05) is 0 Å². The first-order valence-electron chi connectivity index (χ1n) is 0.756. The van der Waals surface area contributed by atoms with Crippen molar-refractivity contribution >= 4 is 57.5 Å². The standard InChI is InChI=1S/6ClH.Ir.3Na/h6*1H;;;;/q;;;;;;+3;3*+1/p-6. The van der Waals surface area contributed by atoms with Gasteiger partial charge >= 0.3 is 153 Å². The van der Waals surface area contributed by atoms with Crippen LogP contribution in [0.3, 0.4) is 0 Å². The van der Waals surface area contributed by atoms with E-state index in [0.29, 0.717) is 0 Å². The Balaban J connectivity index is -0.0000000600. The van der Waals surface area contributed by atoms with Crippen molar-refractivity contribution in [3.63, 3.8) is 0 Å². The zero-order valence-corrected chi connectivity index (χ0v) is 18.5. The summed E-state index contributed by atoms with van der Waals surface area (Å²) < 4.78 is 0. The van der Waals surface area contributed by atoms with E-state index in [2.05, 4.69) is 0 Å². The number of hydrogen-bond acceptors (Lipinski definition) is 0. The quantitative estimate of drug-likeness (QED) is 0.310. The van der Waals surface area contributed by atoms with E-state index < -0.39 is 6.81 Å². The Bertz CT molecular complexity index is 71.6. The van der Waals surface area contributed by atoms with Crippen LogP contribution in [-0.4, -0.2) is 0 Å². The first-order chi connectivity index (χ1) is 2.45. The normalized spacial score (nSPS) is 16.2. The van der Waals surface area contributed by atoms with Gasteiger partial charge in [-0.25, -0.2) is 0 Å². The molecule has 0 unspecified atom stereocenters. The molecule has 0 nitrogen and oxygen atoms in total. The van der Waals surface area contributed by atoms with Crippen molar-refractivity contribution in [2.24, 2.45) is 0 Å². The van der Waals surface area contributed by atoms with E-state index in [4.69, 9.17) is 57.5 Å².